The predicted molar refractivity (Wildman–Crippen MR) is 118 cm³/mol. The Hall–Kier alpha value is -2.99. The highest BCUT2D eigenvalue weighted by atomic mass is 16.2. The van der Waals surface area contributed by atoms with E-state index in [0.29, 0.717) is 6.42 Å². The van der Waals surface area contributed by atoms with Gasteiger partial charge in [-0.05, 0) is 35.6 Å². The largest absolute Gasteiger partial charge is 0.340 e. The third-order valence-corrected chi connectivity index (χ3v) is 5.68. The van der Waals surface area contributed by atoms with Crippen molar-refractivity contribution in [3.63, 3.8) is 0 Å². The summed E-state index contributed by atoms with van der Waals surface area (Å²) >= 11 is 0. The number of carbonyl (C=O) groups is 1. The lowest BCUT2D eigenvalue weighted by molar-refractivity contribution is -0.142. The number of pyridine rings is 1. The standard InChI is InChI=1S/C24H29N5O/c1-3-10-28-11-12-29(18-20-15-26-27(2)17-20)23(24(28)30)14-19-6-4-7-21(13-19)22-8-5-9-25-16-22/h4-9,13,15-17,23H,3,10-12,14,18H2,1-2H3/t23-/m1/s1. The maximum atomic E-state index is 13.3. The normalized spacial score (nSPS) is 17.5. The van der Waals surface area contributed by atoms with Gasteiger partial charge in [-0.1, -0.05) is 37.3 Å². The molecule has 1 aromatic carbocycles. The van der Waals surface area contributed by atoms with Gasteiger partial charge in [0.2, 0.25) is 5.91 Å². The van der Waals surface area contributed by atoms with Crippen LogP contribution in [-0.4, -0.2) is 56.1 Å². The number of amides is 1. The maximum absolute atomic E-state index is 13.3. The van der Waals surface area contributed by atoms with Crippen LogP contribution in [0.25, 0.3) is 11.1 Å². The predicted octanol–water partition coefficient (Wildman–Crippen LogP) is 3.15. The first-order chi connectivity index (χ1) is 14.6. The molecule has 2 aromatic heterocycles. The lowest BCUT2D eigenvalue weighted by Gasteiger charge is -2.40. The van der Waals surface area contributed by atoms with Crippen LogP contribution in [0.1, 0.15) is 24.5 Å². The molecule has 3 aromatic rings. The summed E-state index contributed by atoms with van der Waals surface area (Å²) in [7, 11) is 1.93. The van der Waals surface area contributed by atoms with Crippen molar-refractivity contribution in [3.05, 3.63) is 72.3 Å². The fourth-order valence-corrected chi connectivity index (χ4v) is 4.20. The van der Waals surface area contributed by atoms with E-state index < -0.39 is 0 Å². The second-order valence-corrected chi connectivity index (χ2v) is 7.98. The molecular weight excluding hydrogens is 374 g/mol. The lowest BCUT2D eigenvalue weighted by Crippen LogP contribution is -2.57. The molecule has 4 rings (SSSR count). The topological polar surface area (TPSA) is 54.3 Å². The number of aryl methyl sites for hydroxylation is 1. The van der Waals surface area contributed by atoms with E-state index >= 15 is 0 Å². The van der Waals surface area contributed by atoms with E-state index in [4.69, 9.17) is 0 Å². The Morgan fingerprint density at radius 2 is 1.93 bits per heavy atom. The van der Waals surface area contributed by atoms with Gasteiger partial charge in [0.25, 0.3) is 0 Å². The Labute approximate surface area is 178 Å². The summed E-state index contributed by atoms with van der Waals surface area (Å²) in [5.41, 5.74) is 4.54. The first kappa shape index (κ1) is 20.3. The van der Waals surface area contributed by atoms with E-state index in [1.165, 1.54) is 5.56 Å². The van der Waals surface area contributed by atoms with E-state index in [1.54, 1.807) is 6.20 Å². The number of piperazine rings is 1. The smallest absolute Gasteiger partial charge is 0.240 e. The first-order valence-electron chi connectivity index (χ1n) is 10.6. The fourth-order valence-electron chi connectivity index (χ4n) is 4.20. The summed E-state index contributed by atoms with van der Waals surface area (Å²) in [6.45, 7) is 5.37. The third-order valence-electron chi connectivity index (χ3n) is 5.68. The van der Waals surface area contributed by atoms with Gasteiger partial charge in [0.15, 0.2) is 0 Å². The van der Waals surface area contributed by atoms with Crippen molar-refractivity contribution in [2.45, 2.75) is 32.4 Å². The van der Waals surface area contributed by atoms with Gasteiger partial charge in [0.05, 0.1) is 12.2 Å². The van der Waals surface area contributed by atoms with Crippen LogP contribution in [0.4, 0.5) is 0 Å². The molecule has 6 heteroatoms. The Bertz CT molecular complexity index is 984. The zero-order valence-electron chi connectivity index (χ0n) is 17.7. The molecule has 0 unspecified atom stereocenters. The highest BCUT2D eigenvalue weighted by Crippen LogP contribution is 2.23. The van der Waals surface area contributed by atoms with Crippen molar-refractivity contribution in [2.24, 2.45) is 7.05 Å². The summed E-state index contributed by atoms with van der Waals surface area (Å²) in [6.07, 6.45) is 9.27. The van der Waals surface area contributed by atoms with Gasteiger partial charge in [0, 0.05) is 57.4 Å². The summed E-state index contributed by atoms with van der Waals surface area (Å²) < 4.78 is 1.82. The van der Waals surface area contributed by atoms with E-state index in [-0.39, 0.29) is 11.9 Å². The number of aromatic nitrogens is 3. The number of carbonyl (C=O) groups excluding carboxylic acids is 1. The molecule has 1 fully saturated rings. The molecule has 0 bridgehead atoms. The molecule has 1 atom stereocenters. The average molecular weight is 404 g/mol. The molecule has 1 aliphatic heterocycles. The molecule has 1 aliphatic rings. The van der Waals surface area contributed by atoms with Gasteiger partial charge in [-0.15, -0.1) is 0 Å². The van der Waals surface area contributed by atoms with E-state index in [2.05, 4.69) is 52.2 Å². The zero-order chi connectivity index (χ0) is 20.9. The van der Waals surface area contributed by atoms with Crippen molar-refractivity contribution in [1.82, 2.24) is 24.6 Å². The highest BCUT2D eigenvalue weighted by Gasteiger charge is 2.34. The van der Waals surface area contributed by atoms with Crippen molar-refractivity contribution in [2.75, 3.05) is 19.6 Å². The van der Waals surface area contributed by atoms with Gasteiger partial charge < -0.3 is 4.90 Å². The van der Waals surface area contributed by atoms with E-state index in [1.807, 2.05) is 41.3 Å². The minimum Gasteiger partial charge on any atom is -0.340 e. The summed E-state index contributed by atoms with van der Waals surface area (Å²) in [6, 6.07) is 12.3. The summed E-state index contributed by atoms with van der Waals surface area (Å²) in [4.78, 5) is 21.9. The SMILES string of the molecule is CCCN1CCN(Cc2cnn(C)c2)[C@H](Cc2cccc(-c3cccnc3)c2)C1=O. The van der Waals surface area contributed by atoms with Gasteiger partial charge >= 0.3 is 0 Å². The van der Waals surface area contributed by atoms with Crippen LogP contribution in [0.5, 0.6) is 0 Å². The number of hydrogen-bond donors (Lipinski definition) is 0. The third kappa shape index (κ3) is 4.60. The fraction of sp³-hybridized carbons (Fsp3) is 0.375. The Morgan fingerprint density at radius 3 is 2.67 bits per heavy atom. The van der Waals surface area contributed by atoms with Crippen molar-refractivity contribution < 1.29 is 4.79 Å². The van der Waals surface area contributed by atoms with Crippen LogP contribution >= 0.6 is 0 Å². The second-order valence-electron chi connectivity index (χ2n) is 7.98. The molecule has 1 saturated heterocycles. The Kier molecular flexibility index (Phi) is 6.23. The van der Waals surface area contributed by atoms with Crippen LogP contribution in [0, 0.1) is 0 Å². The van der Waals surface area contributed by atoms with Gasteiger partial charge in [-0.3, -0.25) is 19.4 Å². The average Bonchev–Trinajstić information content (AvgIpc) is 3.18. The van der Waals surface area contributed by atoms with Gasteiger partial charge in [0.1, 0.15) is 0 Å². The second kappa shape index (κ2) is 9.22. The molecule has 1 amide bonds. The van der Waals surface area contributed by atoms with E-state index in [0.717, 1.165) is 49.3 Å². The monoisotopic (exact) mass is 403 g/mol. The maximum Gasteiger partial charge on any atom is 0.240 e. The van der Waals surface area contributed by atoms with Crippen molar-refractivity contribution >= 4 is 5.91 Å². The Balaban J connectivity index is 1.57. The van der Waals surface area contributed by atoms with Crippen LogP contribution in [-0.2, 0) is 24.8 Å². The molecule has 30 heavy (non-hydrogen) atoms. The van der Waals surface area contributed by atoms with Gasteiger partial charge in [-0.2, -0.15) is 5.10 Å². The number of nitrogens with zero attached hydrogens (tertiary/aromatic N) is 5. The highest BCUT2D eigenvalue weighted by molar-refractivity contribution is 5.83. The van der Waals surface area contributed by atoms with Crippen molar-refractivity contribution in [3.8, 4) is 11.1 Å². The molecule has 156 valence electrons. The molecule has 6 nitrogen and oxygen atoms in total. The number of rotatable bonds is 7. The molecule has 0 radical (unpaired) electrons. The zero-order valence-corrected chi connectivity index (χ0v) is 17.7. The lowest BCUT2D eigenvalue weighted by atomic mass is 9.97. The quantitative estimate of drug-likeness (QED) is 0.608. The molecule has 3 heterocycles. The molecule has 0 aliphatic carbocycles. The minimum absolute atomic E-state index is 0.158. The molecular formula is C24H29N5O. The van der Waals surface area contributed by atoms with Crippen LogP contribution in [0.15, 0.2) is 61.2 Å². The molecule has 0 spiro atoms. The Morgan fingerprint density at radius 1 is 1.07 bits per heavy atom. The number of hydrogen-bond acceptors (Lipinski definition) is 4. The number of benzene rings is 1. The molecule has 0 N–H and O–H groups in total. The minimum atomic E-state index is -0.158. The van der Waals surface area contributed by atoms with Crippen molar-refractivity contribution in [1.29, 1.82) is 0 Å². The summed E-state index contributed by atoms with van der Waals surface area (Å²) in [5.74, 6) is 0.235. The first-order valence-corrected chi connectivity index (χ1v) is 10.6. The van der Waals surface area contributed by atoms with Crippen LogP contribution in [0.3, 0.4) is 0 Å². The molecule has 0 saturated carbocycles. The van der Waals surface area contributed by atoms with Gasteiger partial charge in [-0.25, -0.2) is 0 Å². The van der Waals surface area contributed by atoms with Crippen LogP contribution in [0.2, 0.25) is 0 Å². The summed E-state index contributed by atoms with van der Waals surface area (Å²) in [5, 5.41) is 4.29. The van der Waals surface area contributed by atoms with E-state index in [9.17, 15) is 4.79 Å². The van der Waals surface area contributed by atoms with Crippen LogP contribution < -0.4 is 0 Å².